The molecule has 0 amide bonds. The van der Waals surface area contributed by atoms with Crippen LogP contribution >= 0.6 is 0 Å². The zero-order valence-electron chi connectivity index (χ0n) is 16.2. The van der Waals surface area contributed by atoms with Crippen LogP contribution < -0.4 is 9.47 Å². The maximum absolute atomic E-state index is 12.6. The van der Waals surface area contributed by atoms with Gasteiger partial charge in [-0.2, -0.15) is 0 Å². The van der Waals surface area contributed by atoms with E-state index >= 15 is 0 Å². The van der Waals surface area contributed by atoms with Crippen LogP contribution in [0.1, 0.15) is 27.7 Å². The molecule has 1 rings (SSSR count). The van der Waals surface area contributed by atoms with E-state index in [1.165, 1.54) is 6.08 Å². The topological polar surface area (TPSA) is 65.0 Å². The van der Waals surface area contributed by atoms with E-state index < -0.39 is 26.5 Å². The smallest absolute Gasteiger partial charge is 0.342 e. The Bertz CT molecular complexity index is 587. The maximum Gasteiger partial charge on any atom is 0.342 e. The maximum atomic E-state index is 12.6. The van der Waals surface area contributed by atoms with Crippen molar-refractivity contribution in [3.05, 3.63) is 36.4 Å². The van der Waals surface area contributed by atoms with Crippen molar-refractivity contribution in [2.75, 3.05) is 7.11 Å². The van der Waals surface area contributed by atoms with Crippen LogP contribution in [0.2, 0.25) is 18.1 Å². The van der Waals surface area contributed by atoms with Gasteiger partial charge in [0, 0.05) is 0 Å². The van der Waals surface area contributed by atoms with E-state index in [0.717, 1.165) is 0 Å². The van der Waals surface area contributed by atoms with Crippen molar-refractivity contribution in [1.82, 2.24) is 0 Å². The highest BCUT2D eigenvalue weighted by molar-refractivity contribution is 6.74. The van der Waals surface area contributed by atoms with Gasteiger partial charge >= 0.3 is 5.97 Å². The highest BCUT2D eigenvalue weighted by atomic mass is 28.4. The van der Waals surface area contributed by atoms with Gasteiger partial charge in [0.1, 0.15) is 17.6 Å². The lowest BCUT2D eigenvalue weighted by molar-refractivity contribution is -0.146. The molecule has 0 bridgehead atoms. The number of aliphatic hydroxyl groups excluding tert-OH is 1. The summed E-state index contributed by atoms with van der Waals surface area (Å²) in [5, 5.41) is 10.3. The van der Waals surface area contributed by atoms with Gasteiger partial charge in [-0.15, -0.1) is 0 Å². The van der Waals surface area contributed by atoms with Crippen molar-refractivity contribution in [1.29, 1.82) is 0 Å². The third-order valence-corrected chi connectivity index (χ3v) is 8.89. The van der Waals surface area contributed by atoms with Gasteiger partial charge in [-0.1, -0.05) is 32.9 Å². The third kappa shape index (κ3) is 5.99. The third-order valence-electron chi connectivity index (χ3n) is 4.44. The van der Waals surface area contributed by atoms with Gasteiger partial charge < -0.3 is 19.0 Å². The molecular formula is C19H30O5Si. The molecule has 140 valence electrons. The first-order valence-corrected chi connectivity index (χ1v) is 11.3. The highest BCUT2D eigenvalue weighted by Gasteiger charge is 2.43. The van der Waals surface area contributed by atoms with Gasteiger partial charge in [-0.05, 0) is 49.3 Å². The van der Waals surface area contributed by atoms with Crippen molar-refractivity contribution in [2.24, 2.45) is 0 Å². The Kier molecular flexibility index (Phi) is 7.40. The molecule has 0 aliphatic heterocycles. The Hall–Kier alpha value is -1.63. The first-order chi connectivity index (χ1) is 11.5. The molecular weight excluding hydrogens is 336 g/mol. The minimum absolute atomic E-state index is 0.0959. The van der Waals surface area contributed by atoms with E-state index in [-0.39, 0.29) is 5.04 Å². The average Bonchev–Trinajstić information content (AvgIpc) is 2.52. The zero-order chi connectivity index (χ0) is 19.3. The van der Waals surface area contributed by atoms with E-state index in [1.807, 2.05) is 13.1 Å². The lowest BCUT2D eigenvalue weighted by atomic mass is 10.2. The van der Waals surface area contributed by atoms with E-state index in [9.17, 15) is 9.90 Å². The lowest BCUT2D eigenvalue weighted by Gasteiger charge is -2.39. The van der Waals surface area contributed by atoms with Crippen molar-refractivity contribution in [3.63, 3.8) is 0 Å². The van der Waals surface area contributed by atoms with Gasteiger partial charge in [0.05, 0.1) is 7.11 Å². The highest BCUT2D eigenvalue weighted by Crippen LogP contribution is 2.38. The molecule has 1 aromatic rings. The summed E-state index contributed by atoms with van der Waals surface area (Å²) in [7, 11) is -0.702. The summed E-state index contributed by atoms with van der Waals surface area (Å²) in [6, 6.07) is 6.69. The minimum Gasteiger partial charge on any atom is -0.497 e. The number of hydrogen-bond acceptors (Lipinski definition) is 5. The monoisotopic (exact) mass is 366 g/mol. The molecule has 0 aromatic heterocycles. The summed E-state index contributed by atoms with van der Waals surface area (Å²) >= 11 is 0. The van der Waals surface area contributed by atoms with Crippen LogP contribution in [-0.4, -0.2) is 38.7 Å². The van der Waals surface area contributed by atoms with Crippen LogP contribution in [0, 0.1) is 0 Å². The molecule has 0 aliphatic carbocycles. The van der Waals surface area contributed by atoms with Crippen LogP contribution in [0.4, 0.5) is 0 Å². The van der Waals surface area contributed by atoms with Crippen LogP contribution in [-0.2, 0) is 9.22 Å². The van der Waals surface area contributed by atoms with Gasteiger partial charge in [0.15, 0.2) is 14.4 Å². The summed E-state index contributed by atoms with van der Waals surface area (Å²) in [6.45, 7) is 12.1. The van der Waals surface area contributed by atoms with Gasteiger partial charge in [0.2, 0.25) is 0 Å². The SMILES string of the molecule is C/C=C/[C@@H](O)[C@@H](O[Si](C)(C)C(C)(C)C)C(=O)Oc1ccc(OC)cc1. The summed E-state index contributed by atoms with van der Waals surface area (Å²) in [5.41, 5.74) is 0. The number of benzene rings is 1. The molecule has 0 radical (unpaired) electrons. The van der Waals surface area contributed by atoms with Gasteiger partial charge in [0.25, 0.3) is 0 Å². The van der Waals surface area contributed by atoms with Crippen molar-refractivity contribution >= 4 is 14.3 Å². The van der Waals surface area contributed by atoms with E-state index in [4.69, 9.17) is 13.9 Å². The van der Waals surface area contributed by atoms with Crippen molar-refractivity contribution < 1.29 is 23.8 Å². The molecule has 0 heterocycles. The largest absolute Gasteiger partial charge is 0.497 e. The fourth-order valence-corrected chi connectivity index (χ4v) is 3.09. The lowest BCUT2D eigenvalue weighted by Crippen LogP contribution is -2.50. The Morgan fingerprint density at radius 2 is 1.68 bits per heavy atom. The normalized spacial score (nSPS) is 15.0. The summed E-state index contributed by atoms with van der Waals surface area (Å²) < 4.78 is 16.6. The quantitative estimate of drug-likeness (QED) is 0.343. The zero-order valence-corrected chi connectivity index (χ0v) is 17.2. The molecule has 0 saturated heterocycles. The van der Waals surface area contributed by atoms with Crippen LogP contribution in [0.25, 0.3) is 0 Å². The van der Waals surface area contributed by atoms with Crippen molar-refractivity contribution in [3.8, 4) is 11.5 Å². The van der Waals surface area contributed by atoms with E-state index in [0.29, 0.717) is 11.5 Å². The number of aliphatic hydroxyl groups is 1. The number of allylic oxidation sites excluding steroid dienone is 1. The molecule has 1 aromatic carbocycles. The first-order valence-electron chi connectivity index (χ1n) is 8.36. The molecule has 6 heteroatoms. The molecule has 1 N–H and O–H groups in total. The predicted octanol–water partition coefficient (Wildman–Crippen LogP) is 3.93. The Morgan fingerprint density at radius 3 is 2.12 bits per heavy atom. The number of esters is 1. The Morgan fingerprint density at radius 1 is 1.16 bits per heavy atom. The standard InChI is InChI=1S/C19H30O5Si/c1-8-9-16(20)17(24-25(6,7)19(2,3)4)18(21)23-15-12-10-14(22-5)11-13-15/h8-13,16-17,20H,1-7H3/b9-8+/t16-,17-/m1/s1. The predicted molar refractivity (Wildman–Crippen MR) is 102 cm³/mol. The van der Waals surface area contributed by atoms with Gasteiger partial charge in [-0.3, -0.25) is 0 Å². The van der Waals surface area contributed by atoms with Gasteiger partial charge in [-0.25, -0.2) is 4.79 Å². The number of hydrogen-bond donors (Lipinski definition) is 1. The van der Waals surface area contributed by atoms with Crippen LogP contribution in [0.15, 0.2) is 36.4 Å². The Labute approximate surface area is 151 Å². The minimum atomic E-state index is -2.27. The van der Waals surface area contributed by atoms with E-state index in [2.05, 4.69) is 20.8 Å². The molecule has 0 aliphatic rings. The number of rotatable bonds is 7. The molecule has 0 unspecified atom stereocenters. The Balaban J connectivity index is 2.99. The number of carbonyl (C=O) groups excluding carboxylic acids is 1. The molecule has 0 fully saturated rings. The molecule has 25 heavy (non-hydrogen) atoms. The van der Waals surface area contributed by atoms with Crippen LogP contribution in [0.5, 0.6) is 11.5 Å². The molecule has 2 atom stereocenters. The molecule has 0 saturated carbocycles. The second-order valence-corrected chi connectivity index (χ2v) is 12.2. The van der Waals surface area contributed by atoms with Crippen LogP contribution in [0.3, 0.4) is 0 Å². The molecule has 0 spiro atoms. The fourth-order valence-electron chi connectivity index (χ4n) is 1.87. The summed E-state index contributed by atoms with van der Waals surface area (Å²) in [5.74, 6) is 0.436. The first kappa shape index (κ1) is 21.4. The molecule has 5 nitrogen and oxygen atoms in total. The van der Waals surface area contributed by atoms with E-state index in [1.54, 1.807) is 44.4 Å². The summed E-state index contributed by atoms with van der Waals surface area (Å²) in [4.78, 5) is 12.6. The second kappa shape index (κ2) is 8.65. The summed E-state index contributed by atoms with van der Waals surface area (Å²) in [6.07, 6.45) is 1.09. The van der Waals surface area contributed by atoms with Crippen molar-refractivity contribution in [2.45, 2.75) is 58.0 Å². The average molecular weight is 367 g/mol. The fraction of sp³-hybridized carbons (Fsp3) is 0.526. The number of ether oxygens (including phenoxy) is 2. The number of methoxy groups -OCH3 is 1. The number of carbonyl (C=O) groups is 1. The second-order valence-electron chi connectivity index (χ2n) is 7.41.